The molecule has 4 heteroatoms. The fourth-order valence-corrected chi connectivity index (χ4v) is 1.39. The summed E-state index contributed by atoms with van der Waals surface area (Å²) in [5.41, 5.74) is 1.02. The highest BCUT2D eigenvalue weighted by atomic mass is 35.5. The van der Waals surface area contributed by atoms with Crippen LogP contribution in [-0.4, -0.2) is 24.7 Å². The van der Waals surface area contributed by atoms with Gasteiger partial charge in [0, 0.05) is 6.54 Å². The maximum atomic E-state index is 10.7. The van der Waals surface area contributed by atoms with Crippen LogP contribution in [0.5, 0.6) is 0 Å². The van der Waals surface area contributed by atoms with Crippen molar-refractivity contribution in [3.05, 3.63) is 40.4 Å². The average molecular weight is 226 g/mol. The molecule has 0 spiro atoms. The summed E-state index contributed by atoms with van der Waals surface area (Å²) in [6.07, 6.45) is 3.82. The van der Waals surface area contributed by atoms with Crippen LogP contribution in [0.15, 0.2) is 24.3 Å². The van der Waals surface area contributed by atoms with E-state index in [-0.39, 0.29) is 10.6 Å². The molecule has 0 atom stereocenters. The molecular weight excluding hydrogens is 214 g/mol. The molecule has 0 aliphatic heterocycles. The van der Waals surface area contributed by atoms with Gasteiger partial charge in [-0.05, 0) is 24.7 Å². The molecule has 0 radical (unpaired) electrons. The van der Waals surface area contributed by atoms with E-state index in [0.29, 0.717) is 0 Å². The van der Waals surface area contributed by atoms with Gasteiger partial charge < -0.3 is 10.4 Å². The second-order valence-corrected chi connectivity index (χ2v) is 3.41. The predicted molar refractivity (Wildman–Crippen MR) is 61.4 cm³/mol. The van der Waals surface area contributed by atoms with E-state index in [0.717, 1.165) is 12.1 Å². The molecule has 0 fully saturated rings. The van der Waals surface area contributed by atoms with Gasteiger partial charge >= 0.3 is 5.97 Å². The van der Waals surface area contributed by atoms with E-state index in [1.54, 1.807) is 12.1 Å². The fraction of sp³-hybridized carbons (Fsp3) is 0.182. The first-order valence-electron chi connectivity index (χ1n) is 4.49. The third-order valence-electron chi connectivity index (χ3n) is 1.86. The van der Waals surface area contributed by atoms with Crippen LogP contribution in [0.25, 0.3) is 6.08 Å². The first kappa shape index (κ1) is 11.8. The molecule has 3 nitrogen and oxygen atoms in total. The molecule has 0 bridgehead atoms. The van der Waals surface area contributed by atoms with Gasteiger partial charge in [0.2, 0.25) is 0 Å². The number of likely N-dealkylation sites (N-methyl/N-ethyl adjacent to an activating group) is 1. The number of carboxylic acids is 1. The molecule has 1 rings (SSSR count). The summed E-state index contributed by atoms with van der Waals surface area (Å²) in [7, 11) is 1.85. The van der Waals surface area contributed by atoms with Crippen LogP contribution in [0.4, 0.5) is 0 Å². The normalized spacial score (nSPS) is 10.8. The standard InChI is InChI=1S/C11H12ClNO2/c1-13-6-2-3-8-4-5-9(11(14)15)10(12)7-8/h2-5,7,13H,6H2,1H3,(H,14,15). The van der Waals surface area contributed by atoms with Gasteiger partial charge in [-0.1, -0.05) is 29.8 Å². The maximum Gasteiger partial charge on any atom is 0.337 e. The van der Waals surface area contributed by atoms with E-state index in [2.05, 4.69) is 5.32 Å². The van der Waals surface area contributed by atoms with Crippen molar-refractivity contribution in [2.45, 2.75) is 0 Å². The summed E-state index contributed by atoms with van der Waals surface area (Å²) >= 11 is 5.81. The number of halogens is 1. The molecule has 15 heavy (non-hydrogen) atoms. The molecule has 0 unspecified atom stereocenters. The number of hydrogen-bond donors (Lipinski definition) is 2. The van der Waals surface area contributed by atoms with Crippen LogP contribution >= 0.6 is 11.6 Å². The predicted octanol–water partition coefficient (Wildman–Crippen LogP) is 2.27. The van der Waals surface area contributed by atoms with Gasteiger partial charge in [0.15, 0.2) is 0 Å². The van der Waals surface area contributed by atoms with Crippen molar-refractivity contribution in [3.63, 3.8) is 0 Å². The van der Waals surface area contributed by atoms with Gasteiger partial charge in [0.25, 0.3) is 0 Å². The molecular formula is C11H12ClNO2. The van der Waals surface area contributed by atoms with Crippen LogP contribution < -0.4 is 5.32 Å². The second-order valence-electron chi connectivity index (χ2n) is 3.00. The van der Waals surface area contributed by atoms with Crippen LogP contribution in [0.1, 0.15) is 15.9 Å². The maximum absolute atomic E-state index is 10.7. The SMILES string of the molecule is CNCC=Cc1ccc(C(=O)O)c(Cl)c1. The van der Waals surface area contributed by atoms with E-state index in [4.69, 9.17) is 16.7 Å². The zero-order valence-corrected chi connectivity index (χ0v) is 9.08. The summed E-state index contributed by atoms with van der Waals surface area (Å²) in [6, 6.07) is 4.86. The van der Waals surface area contributed by atoms with Crippen LogP contribution in [0, 0.1) is 0 Å². The minimum Gasteiger partial charge on any atom is -0.478 e. The monoisotopic (exact) mass is 225 g/mol. The van der Waals surface area contributed by atoms with Crippen molar-refractivity contribution in [2.75, 3.05) is 13.6 Å². The lowest BCUT2D eigenvalue weighted by atomic mass is 10.1. The summed E-state index contributed by atoms with van der Waals surface area (Å²) in [4.78, 5) is 10.7. The number of benzene rings is 1. The van der Waals surface area contributed by atoms with E-state index >= 15 is 0 Å². The average Bonchev–Trinajstić information content (AvgIpc) is 2.17. The highest BCUT2D eigenvalue weighted by Gasteiger charge is 2.07. The smallest absolute Gasteiger partial charge is 0.337 e. The zero-order valence-electron chi connectivity index (χ0n) is 8.33. The Morgan fingerprint density at radius 1 is 1.60 bits per heavy atom. The molecule has 0 amide bonds. The summed E-state index contributed by atoms with van der Waals surface area (Å²) in [5, 5.41) is 12.0. The minimum atomic E-state index is -1.01. The lowest BCUT2D eigenvalue weighted by Crippen LogP contribution is -2.03. The van der Waals surface area contributed by atoms with Crippen LogP contribution in [-0.2, 0) is 0 Å². The van der Waals surface area contributed by atoms with Crippen molar-refractivity contribution in [2.24, 2.45) is 0 Å². The first-order valence-corrected chi connectivity index (χ1v) is 4.87. The number of carboxylic acid groups (broad SMARTS) is 1. The molecule has 0 saturated heterocycles. The Morgan fingerprint density at radius 3 is 2.87 bits per heavy atom. The Kier molecular flexibility index (Phi) is 4.34. The number of rotatable bonds is 4. The number of hydrogen-bond acceptors (Lipinski definition) is 2. The highest BCUT2D eigenvalue weighted by molar-refractivity contribution is 6.33. The van der Waals surface area contributed by atoms with E-state index in [1.807, 2.05) is 19.2 Å². The lowest BCUT2D eigenvalue weighted by Gasteiger charge is -2.00. The Bertz CT molecular complexity index is 388. The number of carbonyl (C=O) groups is 1. The van der Waals surface area contributed by atoms with Gasteiger partial charge in [-0.2, -0.15) is 0 Å². The van der Waals surface area contributed by atoms with E-state index in [1.165, 1.54) is 6.07 Å². The summed E-state index contributed by atoms with van der Waals surface area (Å²) < 4.78 is 0. The Hall–Kier alpha value is -1.32. The van der Waals surface area contributed by atoms with Gasteiger partial charge in [-0.25, -0.2) is 4.79 Å². The molecule has 0 heterocycles. The van der Waals surface area contributed by atoms with Gasteiger partial charge in [0.05, 0.1) is 10.6 Å². The zero-order chi connectivity index (χ0) is 11.3. The third kappa shape index (κ3) is 3.38. The largest absolute Gasteiger partial charge is 0.478 e. The van der Waals surface area contributed by atoms with Gasteiger partial charge in [-0.3, -0.25) is 0 Å². The van der Waals surface area contributed by atoms with Crippen molar-refractivity contribution >= 4 is 23.6 Å². The molecule has 0 aliphatic carbocycles. The molecule has 0 saturated carbocycles. The highest BCUT2D eigenvalue weighted by Crippen LogP contribution is 2.18. The fourth-order valence-electron chi connectivity index (χ4n) is 1.12. The molecule has 0 aliphatic rings. The second kappa shape index (κ2) is 5.53. The molecule has 2 N–H and O–H groups in total. The third-order valence-corrected chi connectivity index (χ3v) is 2.17. The van der Waals surface area contributed by atoms with Crippen molar-refractivity contribution in [1.82, 2.24) is 5.32 Å². The van der Waals surface area contributed by atoms with Crippen LogP contribution in [0.2, 0.25) is 5.02 Å². The Morgan fingerprint density at radius 2 is 2.33 bits per heavy atom. The quantitative estimate of drug-likeness (QED) is 0.827. The molecule has 1 aromatic rings. The summed E-state index contributed by atoms with van der Waals surface area (Å²) in [5.74, 6) is -1.01. The lowest BCUT2D eigenvalue weighted by molar-refractivity contribution is 0.0697. The van der Waals surface area contributed by atoms with Gasteiger partial charge in [-0.15, -0.1) is 0 Å². The Balaban J connectivity index is 2.87. The van der Waals surface area contributed by atoms with Crippen molar-refractivity contribution in [3.8, 4) is 0 Å². The summed E-state index contributed by atoms with van der Waals surface area (Å²) in [6.45, 7) is 0.762. The van der Waals surface area contributed by atoms with Crippen molar-refractivity contribution < 1.29 is 9.90 Å². The van der Waals surface area contributed by atoms with Crippen molar-refractivity contribution in [1.29, 1.82) is 0 Å². The van der Waals surface area contributed by atoms with Gasteiger partial charge in [0.1, 0.15) is 0 Å². The molecule has 0 aromatic heterocycles. The number of nitrogens with one attached hydrogen (secondary N) is 1. The van der Waals surface area contributed by atoms with E-state index < -0.39 is 5.97 Å². The minimum absolute atomic E-state index is 0.127. The molecule has 80 valence electrons. The van der Waals surface area contributed by atoms with E-state index in [9.17, 15) is 4.79 Å². The molecule has 1 aromatic carbocycles. The first-order chi connectivity index (χ1) is 7.15. The number of aromatic carboxylic acids is 1. The Labute approximate surface area is 93.4 Å². The topological polar surface area (TPSA) is 49.3 Å². The van der Waals surface area contributed by atoms with Crippen LogP contribution in [0.3, 0.4) is 0 Å².